The molecule has 2 heterocycles. The molecule has 8 nitrogen and oxygen atoms in total. The SMILES string of the molecule is COCCOC(=O)C1=C(C(=O)N(Cc2cccnc2)c2c(Cl)sc(CC(=O)OC)c2Cl)CCCC1. The number of pyridine rings is 1. The highest BCUT2D eigenvalue weighted by molar-refractivity contribution is 7.17. The fourth-order valence-corrected chi connectivity index (χ4v) is 5.58. The quantitative estimate of drug-likeness (QED) is 0.316. The summed E-state index contributed by atoms with van der Waals surface area (Å²) in [5, 5.41) is 0.197. The van der Waals surface area contributed by atoms with Gasteiger partial charge in [-0.1, -0.05) is 29.3 Å². The van der Waals surface area contributed by atoms with Crippen molar-refractivity contribution in [2.24, 2.45) is 0 Å². The van der Waals surface area contributed by atoms with Crippen LogP contribution in [0, 0.1) is 0 Å². The minimum absolute atomic E-state index is 0.0750. The number of hydrogen-bond acceptors (Lipinski definition) is 8. The molecule has 0 atom stereocenters. The first-order chi connectivity index (χ1) is 16.9. The number of carbonyl (C=O) groups excluding carboxylic acids is 3. The molecule has 1 aliphatic carbocycles. The van der Waals surface area contributed by atoms with E-state index in [1.165, 1.54) is 19.1 Å². The molecule has 1 amide bonds. The van der Waals surface area contributed by atoms with Crippen molar-refractivity contribution in [2.75, 3.05) is 32.3 Å². The van der Waals surface area contributed by atoms with Crippen molar-refractivity contribution in [3.05, 3.63) is 55.5 Å². The van der Waals surface area contributed by atoms with Gasteiger partial charge >= 0.3 is 11.9 Å². The van der Waals surface area contributed by atoms with Crippen molar-refractivity contribution in [3.63, 3.8) is 0 Å². The summed E-state index contributed by atoms with van der Waals surface area (Å²) >= 11 is 14.3. The summed E-state index contributed by atoms with van der Waals surface area (Å²) in [6, 6.07) is 3.59. The molecule has 11 heteroatoms. The van der Waals surface area contributed by atoms with Gasteiger partial charge in [-0.3, -0.25) is 14.6 Å². The number of amides is 1. The molecule has 2 aromatic heterocycles. The number of rotatable bonds is 10. The Kier molecular flexibility index (Phi) is 10.1. The van der Waals surface area contributed by atoms with E-state index in [0.717, 1.165) is 29.7 Å². The molecule has 0 spiro atoms. The smallest absolute Gasteiger partial charge is 0.334 e. The zero-order valence-corrected chi connectivity index (χ0v) is 21.8. The van der Waals surface area contributed by atoms with E-state index in [9.17, 15) is 14.4 Å². The van der Waals surface area contributed by atoms with Gasteiger partial charge in [-0.2, -0.15) is 0 Å². The van der Waals surface area contributed by atoms with E-state index in [4.69, 9.17) is 37.4 Å². The number of hydrogen-bond donors (Lipinski definition) is 0. The lowest BCUT2D eigenvalue weighted by Crippen LogP contribution is -2.34. The third-order valence-corrected chi connectivity index (χ3v) is 7.35. The molecule has 0 bridgehead atoms. The summed E-state index contributed by atoms with van der Waals surface area (Å²) in [5.74, 6) is -1.39. The number of thiophene rings is 1. The van der Waals surface area contributed by atoms with E-state index in [-0.39, 0.29) is 41.2 Å². The summed E-state index contributed by atoms with van der Waals surface area (Å²) in [5.41, 5.74) is 1.76. The monoisotopic (exact) mass is 540 g/mol. The third kappa shape index (κ3) is 6.82. The maximum atomic E-state index is 14.0. The summed E-state index contributed by atoms with van der Waals surface area (Å²) in [4.78, 5) is 44.6. The van der Waals surface area contributed by atoms with Crippen LogP contribution in [0.15, 0.2) is 35.7 Å². The second-order valence-electron chi connectivity index (χ2n) is 7.76. The number of anilines is 1. The Bertz CT molecular complexity index is 1100. The number of carbonyl (C=O) groups is 3. The van der Waals surface area contributed by atoms with E-state index in [1.54, 1.807) is 18.5 Å². The van der Waals surface area contributed by atoms with E-state index in [0.29, 0.717) is 28.9 Å². The molecule has 35 heavy (non-hydrogen) atoms. The largest absolute Gasteiger partial charge is 0.469 e. The van der Waals surface area contributed by atoms with Crippen LogP contribution in [0.25, 0.3) is 0 Å². The van der Waals surface area contributed by atoms with Crippen LogP contribution in [0.1, 0.15) is 36.1 Å². The highest BCUT2D eigenvalue weighted by Crippen LogP contribution is 2.45. The molecule has 188 valence electrons. The summed E-state index contributed by atoms with van der Waals surface area (Å²) in [6.07, 6.45) is 5.59. The van der Waals surface area contributed by atoms with Crippen molar-refractivity contribution >= 4 is 58.1 Å². The Morgan fingerprint density at radius 2 is 1.86 bits per heavy atom. The first-order valence-electron chi connectivity index (χ1n) is 11.0. The van der Waals surface area contributed by atoms with Crippen LogP contribution in [0.5, 0.6) is 0 Å². The summed E-state index contributed by atoms with van der Waals surface area (Å²) in [6.45, 7) is 0.479. The topological polar surface area (TPSA) is 95.0 Å². The molecule has 0 saturated heterocycles. The average Bonchev–Trinajstić information content (AvgIpc) is 3.14. The summed E-state index contributed by atoms with van der Waals surface area (Å²) < 4.78 is 15.3. The normalized spacial score (nSPS) is 13.5. The average molecular weight is 541 g/mol. The van der Waals surface area contributed by atoms with Crippen LogP contribution in [-0.4, -0.2) is 50.3 Å². The van der Waals surface area contributed by atoms with Crippen LogP contribution in [0.2, 0.25) is 9.36 Å². The van der Waals surface area contributed by atoms with Gasteiger partial charge in [-0.15, -0.1) is 11.3 Å². The molecule has 1 aliphatic rings. The lowest BCUT2D eigenvalue weighted by atomic mass is 9.90. The fourth-order valence-electron chi connectivity index (χ4n) is 3.72. The maximum absolute atomic E-state index is 14.0. The highest BCUT2D eigenvalue weighted by Gasteiger charge is 2.32. The number of esters is 2. The third-order valence-electron chi connectivity index (χ3n) is 5.46. The van der Waals surface area contributed by atoms with E-state index < -0.39 is 17.8 Å². The number of nitrogens with zero attached hydrogens (tertiary/aromatic N) is 2. The Balaban J connectivity index is 2.03. The van der Waals surface area contributed by atoms with Crippen molar-refractivity contribution < 1.29 is 28.6 Å². The van der Waals surface area contributed by atoms with Crippen LogP contribution in [-0.2, 0) is 41.6 Å². The number of aromatic nitrogens is 1. The van der Waals surface area contributed by atoms with Crippen molar-refractivity contribution in [1.82, 2.24) is 4.98 Å². The first-order valence-corrected chi connectivity index (χ1v) is 12.6. The highest BCUT2D eigenvalue weighted by atomic mass is 35.5. The Labute approximate surface area is 217 Å². The van der Waals surface area contributed by atoms with Gasteiger partial charge in [0.05, 0.1) is 37.4 Å². The van der Waals surface area contributed by atoms with Gasteiger partial charge < -0.3 is 19.1 Å². The standard InChI is InChI=1S/C24H26Cl2N2O6S/c1-32-10-11-34-24(31)17-8-4-3-7-16(17)23(30)28(14-15-6-5-9-27-13-15)21-20(25)18(35-22(21)26)12-19(29)33-2/h5-6,9,13H,3-4,7-8,10-12,14H2,1-2H3. The Morgan fingerprint density at radius 1 is 1.11 bits per heavy atom. The van der Waals surface area contributed by atoms with Gasteiger partial charge in [0.25, 0.3) is 5.91 Å². The van der Waals surface area contributed by atoms with Gasteiger partial charge in [0.2, 0.25) is 0 Å². The van der Waals surface area contributed by atoms with Gasteiger partial charge in [0, 0.05) is 35.5 Å². The van der Waals surface area contributed by atoms with Gasteiger partial charge in [0.15, 0.2) is 0 Å². The predicted octanol–water partition coefficient (Wildman–Crippen LogP) is 4.76. The lowest BCUT2D eigenvalue weighted by Gasteiger charge is -2.27. The Hall–Kier alpha value is -2.46. The molecule has 2 aromatic rings. The fraction of sp³-hybridized carbons (Fsp3) is 0.417. The van der Waals surface area contributed by atoms with Crippen molar-refractivity contribution in [1.29, 1.82) is 0 Å². The first kappa shape index (κ1) is 27.1. The summed E-state index contributed by atoms with van der Waals surface area (Å²) in [7, 11) is 2.80. The second kappa shape index (κ2) is 13.0. The van der Waals surface area contributed by atoms with E-state index in [1.807, 2.05) is 6.07 Å². The number of ether oxygens (including phenoxy) is 3. The maximum Gasteiger partial charge on any atom is 0.334 e. The molecule has 0 unspecified atom stereocenters. The molecular weight excluding hydrogens is 515 g/mol. The molecule has 0 N–H and O–H groups in total. The van der Waals surface area contributed by atoms with E-state index in [2.05, 4.69) is 4.98 Å². The zero-order valence-electron chi connectivity index (χ0n) is 19.5. The van der Waals surface area contributed by atoms with Crippen LogP contribution in [0.3, 0.4) is 0 Å². The Morgan fingerprint density at radius 3 is 2.51 bits per heavy atom. The van der Waals surface area contributed by atoms with Gasteiger partial charge in [0.1, 0.15) is 10.9 Å². The molecule has 0 aromatic carbocycles. The molecule has 0 saturated carbocycles. The van der Waals surface area contributed by atoms with Gasteiger partial charge in [-0.25, -0.2) is 4.79 Å². The van der Waals surface area contributed by atoms with Crippen LogP contribution < -0.4 is 4.90 Å². The molecule has 3 rings (SSSR count). The van der Waals surface area contributed by atoms with Gasteiger partial charge in [-0.05, 0) is 37.3 Å². The molecule has 0 aliphatic heterocycles. The zero-order chi connectivity index (χ0) is 25.4. The van der Waals surface area contributed by atoms with Crippen LogP contribution >= 0.6 is 34.5 Å². The van der Waals surface area contributed by atoms with Crippen molar-refractivity contribution in [3.8, 4) is 0 Å². The minimum atomic E-state index is -0.527. The van der Waals surface area contributed by atoms with Crippen LogP contribution in [0.4, 0.5) is 5.69 Å². The second-order valence-corrected chi connectivity index (χ2v) is 9.85. The molecular formula is C24H26Cl2N2O6S. The van der Waals surface area contributed by atoms with E-state index >= 15 is 0 Å². The molecule has 0 radical (unpaired) electrons. The number of methoxy groups -OCH3 is 2. The minimum Gasteiger partial charge on any atom is -0.469 e. The number of halogens is 2. The molecule has 0 fully saturated rings. The predicted molar refractivity (Wildman–Crippen MR) is 134 cm³/mol. The lowest BCUT2D eigenvalue weighted by molar-refractivity contribution is -0.141. The van der Waals surface area contributed by atoms with Crippen molar-refractivity contribution in [2.45, 2.75) is 38.6 Å².